The van der Waals surface area contributed by atoms with Crippen LogP contribution >= 0.6 is 11.6 Å². The number of nitrogens with zero attached hydrogens (tertiary/aromatic N) is 1. The van der Waals surface area contributed by atoms with Gasteiger partial charge in [0.25, 0.3) is 5.91 Å². The summed E-state index contributed by atoms with van der Waals surface area (Å²) in [6, 6.07) is 5.28. The second-order valence-corrected chi connectivity index (χ2v) is 4.56. The number of carbonyl (C=O) groups is 1. The van der Waals surface area contributed by atoms with Crippen molar-refractivity contribution in [3.05, 3.63) is 45.8 Å². The van der Waals surface area contributed by atoms with Crippen LogP contribution in [0.4, 0.5) is 5.69 Å². The lowest BCUT2D eigenvalue weighted by Crippen LogP contribution is -2.14. The van der Waals surface area contributed by atoms with E-state index in [0.29, 0.717) is 22.2 Å². The maximum Gasteiger partial charge on any atom is 0.278 e. The lowest BCUT2D eigenvalue weighted by atomic mass is 10.2. The Bertz CT molecular complexity index is 605. The largest absolute Gasteiger partial charge is 0.361 e. The zero-order valence-corrected chi connectivity index (χ0v) is 11.1. The van der Waals surface area contributed by atoms with Gasteiger partial charge >= 0.3 is 0 Å². The number of benzene rings is 1. The van der Waals surface area contributed by atoms with Crippen molar-refractivity contribution in [3.63, 3.8) is 0 Å². The summed E-state index contributed by atoms with van der Waals surface area (Å²) in [6.07, 6.45) is 0. The molecule has 0 saturated heterocycles. The molecule has 5 heteroatoms. The van der Waals surface area contributed by atoms with Crippen LogP contribution in [0.1, 0.15) is 27.4 Å². The lowest BCUT2D eigenvalue weighted by Gasteiger charge is -2.07. The van der Waals surface area contributed by atoms with Gasteiger partial charge in [-0.3, -0.25) is 4.79 Å². The monoisotopic (exact) mass is 264 g/mol. The van der Waals surface area contributed by atoms with Crippen molar-refractivity contribution < 1.29 is 9.32 Å². The van der Waals surface area contributed by atoms with Crippen molar-refractivity contribution in [2.75, 3.05) is 5.32 Å². The molecule has 94 valence electrons. The zero-order valence-electron chi connectivity index (χ0n) is 10.4. The third kappa shape index (κ3) is 2.38. The van der Waals surface area contributed by atoms with E-state index in [1.165, 1.54) is 0 Å². The smallest absolute Gasteiger partial charge is 0.278 e. The molecule has 1 aromatic carbocycles. The molecular weight excluding hydrogens is 252 g/mol. The van der Waals surface area contributed by atoms with Crippen molar-refractivity contribution in [2.45, 2.75) is 20.8 Å². The van der Waals surface area contributed by atoms with Crippen LogP contribution < -0.4 is 5.32 Å². The van der Waals surface area contributed by atoms with Crippen LogP contribution in [0.2, 0.25) is 5.02 Å². The highest BCUT2D eigenvalue weighted by Crippen LogP contribution is 2.21. The van der Waals surface area contributed by atoms with Crippen molar-refractivity contribution in [2.24, 2.45) is 0 Å². The molecule has 1 aromatic heterocycles. The lowest BCUT2D eigenvalue weighted by molar-refractivity contribution is 0.101. The van der Waals surface area contributed by atoms with Gasteiger partial charge in [-0.2, -0.15) is 0 Å². The molecular formula is C13H13ClN2O2. The zero-order chi connectivity index (χ0) is 13.3. The van der Waals surface area contributed by atoms with Gasteiger partial charge in [-0.15, -0.1) is 0 Å². The van der Waals surface area contributed by atoms with Crippen LogP contribution in [0.15, 0.2) is 22.7 Å². The molecule has 0 unspecified atom stereocenters. The minimum atomic E-state index is -0.283. The van der Waals surface area contributed by atoms with Gasteiger partial charge in [0.05, 0.1) is 0 Å². The van der Waals surface area contributed by atoms with Crippen LogP contribution in [0.5, 0.6) is 0 Å². The molecule has 1 heterocycles. The molecule has 0 aliphatic carbocycles. The average molecular weight is 265 g/mol. The molecule has 0 radical (unpaired) electrons. The standard InChI is InChI=1S/C13H13ClN2O2/c1-7-6-10(14)4-5-11(7)15-13(17)12-8(2)9(3)18-16-12/h4-6H,1-3H3,(H,15,17). The van der Waals surface area contributed by atoms with Crippen LogP contribution in [0, 0.1) is 20.8 Å². The fourth-order valence-electron chi connectivity index (χ4n) is 1.58. The SMILES string of the molecule is Cc1cc(Cl)ccc1NC(=O)c1noc(C)c1C. The molecule has 0 spiro atoms. The van der Waals surface area contributed by atoms with E-state index in [1.54, 1.807) is 32.0 Å². The molecule has 0 atom stereocenters. The van der Waals surface area contributed by atoms with E-state index in [9.17, 15) is 4.79 Å². The average Bonchev–Trinajstić information content (AvgIpc) is 2.64. The number of aryl methyl sites for hydroxylation is 2. The predicted octanol–water partition coefficient (Wildman–Crippen LogP) is 3.51. The molecule has 0 fully saturated rings. The van der Waals surface area contributed by atoms with E-state index in [4.69, 9.17) is 16.1 Å². The Morgan fingerprint density at radius 1 is 1.33 bits per heavy atom. The maximum absolute atomic E-state index is 12.0. The summed E-state index contributed by atoms with van der Waals surface area (Å²) in [5.74, 6) is 0.364. The Hall–Kier alpha value is -1.81. The molecule has 0 aliphatic heterocycles. The highest BCUT2D eigenvalue weighted by molar-refractivity contribution is 6.30. The van der Waals surface area contributed by atoms with Gasteiger partial charge in [0.15, 0.2) is 5.69 Å². The number of nitrogens with one attached hydrogen (secondary N) is 1. The van der Waals surface area contributed by atoms with Gasteiger partial charge in [-0.1, -0.05) is 16.8 Å². The van der Waals surface area contributed by atoms with Gasteiger partial charge in [0, 0.05) is 16.3 Å². The number of rotatable bonds is 2. The summed E-state index contributed by atoms with van der Waals surface area (Å²) < 4.78 is 4.97. The molecule has 0 aliphatic rings. The minimum absolute atomic E-state index is 0.283. The van der Waals surface area contributed by atoms with E-state index in [2.05, 4.69) is 10.5 Å². The Labute approximate surface area is 110 Å². The van der Waals surface area contributed by atoms with Gasteiger partial charge in [-0.05, 0) is 44.5 Å². The highest BCUT2D eigenvalue weighted by Gasteiger charge is 2.17. The molecule has 0 bridgehead atoms. The number of carbonyl (C=O) groups excluding carboxylic acids is 1. The number of aromatic nitrogens is 1. The summed E-state index contributed by atoms with van der Waals surface area (Å²) in [6.45, 7) is 5.45. The van der Waals surface area contributed by atoms with Crippen molar-refractivity contribution >= 4 is 23.2 Å². The highest BCUT2D eigenvalue weighted by atomic mass is 35.5. The van der Waals surface area contributed by atoms with E-state index in [1.807, 2.05) is 6.92 Å². The summed E-state index contributed by atoms with van der Waals surface area (Å²) in [5.41, 5.74) is 2.67. The molecule has 1 amide bonds. The number of amides is 1. The molecule has 2 aromatic rings. The van der Waals surface area contributed by atoms with Crippen molar-refractivity contribution in [1.82, 2.24) is 5.16 Å². The molecule has 4 nitrogen and oxygen atoms in total. The van der Waals surface area contributed by atoms with Gasteiger partial charge < -0.3 is 9.84 Å². The number of halogens is 1. The second-order valence-electron chi connectivity index (χ2n) is 4.13. The van der Waals surface area contributed by atoms with Crippen LogP contribution in [-0.2, 0) is 0 Å². The van der Waals surface area contributed by atoms with Crippen molar-refractivity contribution in [1.29, 1.82) is 0 Å². The Morgan fingerprint density at radius 3 is 2.61 bits per heavy atom. The number of hydrogen-bond acceptors (Lipinski definition) is 3. The Balaban J connectivity index is 2.24. The number of anilines is 1. The third-order valence-electron chi connectivity index (χ3n) is 2.81. The van der Waals surface area contributed by atoms with Gasteiger partial charge in [0.2, 0.25) is 0 Å². The van der Waals surface area contributed by atoms with Gasteiger partial charge in [0.1, 0.15) is 5.76 Å². The van der Waals surface area contributed by atoms with E-state index >= 15 is 0 Å². The maximum atomic E-state index is 12.0. The van der Waals surface area contributed by atoms with E-state index in [-0.39, 0.29) is 5.91 Å². The Kier molecular flexibility index (Phi) is 3.39. The first-order valence-corrected chi connectivity index (χ1v) is 5.87. The molecule has 2 rings (SSSR count). The first-order chi connectivity index (χ1) is 8.49. The predicted molar refractivity (Wildman–Crippen MR) is 70.1 cm³/mol. The Morgan fingerprint density at radius 2 is 2.06 bits per heavy atom. The second kappa shape index (κ2) is 4.82. The molecule has 1 N–H and O–H groups in total. The third-order valence-corrected chi connectivity index (χ3v) is 3.04. The van der Waals surface area contributed by atoms with Crippen LogP contribution in [0.3, 0.4) is 0 Å². The number of hydrogen-bond donors (Lipinski definition) is 1. The van der Waals surface area contributed by atoms with E-state index in [0.717, 1.165) is 11.1 Å². The molecule has 18 heavy (non-hydrogen) atoms. The summed E-state index contributed by atoms with van der Waals surface area (Å²) in [7, 11) is 0. The van der Waals surface area contributed by atoms with Crippen LogP contribution in [0.25, 0.3) is 0 Å². The first-order valence-electron chi connectivity index (χ1n) is 5.49. The summed E-state index contributed by atoms with van der Waals surface area (Å²) >= 11 is 5.86. The van der Waals surface area contributed by atoms with Crippen LogP contribution in [-0.4, -0.2) is 11.1 Å². The topological polar surface area (TPSA) is 55.1 Å². The van der Waals surface area contributed by atoms with Crippen molar-refractivity contribution in [3.8, 4) is 0 Å². The molecule has 0 saturated carbocycles. The fourth-order valence-corrected chi connectivity index (χ4v) is 1.81. The summed E-state index contributed by atoms with van der Waals surface area (Å²) in [4.78, 5) is 12.0. The van der Waals surface area contributed by atoms with E-state index < -0.39 is 0 Å². The summed E-state index contributed by atoms with van der Waals surface area (Å²) in [5, 5.41) is 7.17. The quantitative estimate of drug-likeness (QED) is 0.903. The first kappa shape index (κ1) is 12.6. The normalized spacial score (nSPS) is 10.4. The van der Waals surface area contributed by atoms with Gasteiger partial charge in [-0.25, -0.2) is 0 Å². The fraction of sp³-hybridized carbons (Fsp3) is 0.231. The minimum Gasteiger partial charge on any atom is -0.361 e.